The predicted octanol–water partition coefficient (Wildman–Crippen LogP) is 3.22. The first-order chi connectivity index (χ1) is 14.5. The summed E-state index contributed by atoms with van der Waals surface area (Å²) in [7, 11) is 3.46. The molecule has 154 valence electrons. The highest BCUT2D eigenvalue weighted by Crippen LogP contribution is 2.40. The summed E-state index contributed by atoms with van der Waals surface area (Å²) in [5, 5.41) is 5.19. The maximum Gasteiger partial charge on any atom is 0.253 e. The lowest BCUT2D eigenvalue weighted by atomic mass is 9.82. The van der Waals surface area contributed by atoms with E-state index in [1.807, 2.05) is 30.1 Å². The largest absolute Gasteiger partial charge is 0.497 e. The van der Waals surface area contributed by atoms with Gasteiger partial charge in [-0.3, -0.25) is 14.3 Å². The fourth-order valence-corrected chi connectivity index (χ4v) is 4.48. The average Bonchev–Trinajstić information content (AvgIpc) is 3.14. The molecule has 1 fully saturated rings. The van der Waals surface area contributed by atoms with Gasteiger partial charge >= 0.3 is 0 Å². The summed E-state index contributed by atoms with van der Waals surface area (Å²) in [6.45, 7) is 1.12. The zero-order valence-corrected chi connectivity index (χ0v) is 17.1. The number of methoxy groups -OCH3 is 1. The van der Waals surface area contributed by atoms with E-state index in [0.717, 1.165) is 10.9 Å². The molecule has 1 spiro atoms. The molecule has 1 amide bonds. The van der Waals surface area contributed by atoms with Crippen LogP contribution in [0.15, 0.2) is 42.6 Å². The number of amides is 1. The first-order valence-corrected chi connectivity index (χ1v) is 10.1. The lowest BCUT2D eigenvalue weighted by Crippen LogP contribution is -2.52. The molecule has 7 nitrogen and oxygen atoms in total. The Morgan fingerprint density at radius 3 is 2.73 bits per heavy atom. The van der Waals surface area contributed by atoms with Crippen LogP contribution in [0.25, 0.3) is 10.9 Å². The molecule has 0 aliphatic carbocycles. The molecule has 0 saturated carbocycles. The standard InChI is InChI=1S/C23H23N3O4/c1-25-19-5-3-15(11-16(19)14-24-25)22(28)26-9-7-23(8-10-26)13-20(27)18-12-17(29-2)4-6-21(18)30-23/h3-6,11-12,14H,7-10,13H2,1-2H3. The molecule has 2 aliphatic heterocycles. The molecule has 0 unspecified atom stereocenters. The molecular formula is C23H23N3O4. The average molecular weight is 405 g/mol. The summed E-state index contributed by atoms with van der Waals surface area (Å²) in [4.78, 5) is 27.6. The number of nitrogens with zero attached hydrogens (tertiary/aromatic N) is 3. The monoisotopic (exact) mass is 405 g/mol. The number of carbonyl (C=O) groups excluding carboxylic acids is 2. The maximum absolute atomic E-state index is 13.0. The second kappa shape index (κ2) is 6.86. The van der Waals surface area contributed by atoms with Gasteiger partial charge in [0.1, 0.15) is 17.1 Å². The van der Waals surface area contributed by atoms with Gasteiger partial charge in [-0.1, -0.05) is 0 Å². The van der Waals surface area contributed by atoms with Crippen LogP contribution in [0, 0.1) is 0 Å². The lowest BCUT2D eigenvalue weighted by Gasteiger charge is -2.44. The van der Waals surface area contributed by atoms with Gasteiger partial charge in [-0.25, -0.2) is 0 Å². The van der Waals surface area contributed by atoms with Gasteiger partial charge in [-0.05, 0) is 36.4 Å². The van der Waals surface area contributed by atoms with Crippen molar-refractivity contribution in [3.05, 3.63) is 53.7 Å². The third-order valence-corrected chi connectivity index (χ3v) is 6.25. The Hall–Kier alpha value is -3.35. The number of aryl methyl sites for hydroxylation is 1. The van der Waals surface area contributed by atoms with Gasteiger partial charge in [0.15, 0.2) is 5.78 Å². The Labute approximate surface area is 174 Å². The number of likely N-dealkylation sites (tertiary alicyclic amines) is 1. The second-order valence-corrected chi connectivity index (χ2v) is 8.08. The van der Waals surface area contributed by atoms with Crippen LogP contribution in [-0.4, -0.2) is 52.2 Å². The molecule has 7 heteroatoms. The number of benzene rings is 2. The van der Waals surface area contributed by atoms with Crippen molar-refractivity contribution in [2.24, 2.45) is 7.05 Å². The quantitative estimate of drug-likeness (QED) is 0.655. The summed E-state index contributed by atoms with van der Waals surface area (Å²) in [5.74, 6) is 1.32. The van der Waals surface area contributed by atoms with Crippen LogP contribution >= 0.6 is 0 Å². The van der Waals surface area contributed by atoms with Crippen molar-refractivity contribution in [3.8, 4) is 11.5 Å². The molecule has 5 rings (SSSR count). The van der Waals surface area contributed by atoms with Gasteiger partial charge in [0.25, 0.3) is 5.91 Å². The number of hydrogen-bond donors (Lipinski definition) is 0. The van der Waals surface area contributed by atoms with E-state index in [9.17, 15) is 9.59 Å². The van der Waals surface area contributed by atoms with E-state index < -0.39 is 5.60 Å². The summed E-state index contributed by atoms with van der Waals surface area (Å²) in [6, 6.07) is 11.0. The number of carbonyl (C=O) groups is 2. The van der Waals surface area contributed by atoms with Crippen LogP contribution in [0.5, 0.6) is 11.5 Å². The topological polar surface area (TPSA) is 73.7 Å². The number of Topliss-reactive ketones (excluding diaryl/α,β-unsaturated/α-hetero) is 1. The van der Waals surface area contributed by atoms with E-state index in [1.165, 1.54) is 0 Å². The van der Waals surface area contributed by atoms with Gasteiger partial charge in [-0.2, -0.15) is 5.10 Å². The smallest absolute Gasteiger partial charge is 0.253 e. The highest BCUT2D eigenvalue weighted by atomic mass is 16.5. The first-order valence-electron chi connectivity index (χ1n) is 10.1. The third kappa shape index (κ3) is 3.01. The summed E-state index contributed by atoms with van der Waals surface area (Å²) in [5.41, 5.74) is 1.68. The van der Waals surface area contributed by atoms with E-state index in [2.05, 4.69) is 5.10 Å². The zero-order chi connectivity index (χ0) is 20.9. The van der Waals surface area contributed by atoms with Gasteiger partial charge < -0.3 is 14.4 Å². The molecule has 0 radical (unpaired) electrons. The van der Waals surface area contributed by atoms with Crippen LogP contribution in [0.3, 0.4) is 0 Å². The minimum absolute atomic E-state index is 0.00266. The normalized spacial score (nSPS) is 17.7. The van der Waals surface area contributed by atoms with Crippen molar-refractivity contribution in [2.75, 3.05) is 20.2 Å². The van der Waals surface area contributed by atoms with E-state index in [4.69, 9.17) is 9.47 Å². The Bertz CT molecular complexity index is 1160. The molecule has 0 N–H and O–H groups in total. The highest BCUT2D eigenvalue weighted by Gasteiger charge is 2.43. The Kier molecular flexibility index (Phi) is 4.27. The van der Waals surface area contributed by atoms with Gasteiger partial charge in [0.2, 0.25) is 0 Å². The van der Waals surface area contributed by atoms with Crippen molar-refractivity contribution in [2.45, 2.75) is 24.9 Å². The number of rotatable bonds is 2. The molecule has 1 aromatic heterocycles. The van der Waals surface area contributed by atoms with Crippen molar-refractivity contribution >= 4 is 22.6 Å². The summed E-state index contributed by atoms with van der Waals surface area (Å²) >= 11 is 0. The van der Waals surface area contributed by atoms with Crippen LogP contribution < -0.4 is 9.47 Å². The van der Waals surface area contributed by atoms with E-state index in [-0.39, 0.29) is 11.7 Å². The maximum atomic E-state index is 13.0. The molecule has 2 aliphatic rings. The number of fused-ring (bicyclic) bond motifs is 2. The minimum atomic E-state index is -0.539. The Morgan fingerprint density at radius 2 is 1.97 bits per heavy atom. The number of hydrogen-bond acceptors (Lipinski definition) is 5. The molecule has 0 atom stereocenters. The van der Waals surface area contributed by atoms with E-state index in [0.29, 0.717) is 55.0 Å². The molecule has 30 heavy (non-hydrogen) atoms. The van der Waals surface area contributed by atoms with Crippen LogP contribution in [-0.2, 0) is 7.05 Å². The van der Waals surface area contributed by atoms with E-state index >= 15 is 0 Å². The predicted molar refractivity (Wildman–Crippen MR) is 111 cm³/mol. The number of ether oxygens (including phenoxy) is 2. The number of aromatic nitrogens is 2. The second-order valence-electron chi connectivity index (χ2n) is 8.08. The highest BCUT2D eigenvalue weighted by molar-refractivity contribution is 6.01. The number of piperidine rings is 1. The minimum Gasteiger partial charge on any atom is -0.497 e. The SMILES string of the molecule is COc1ccc2c(c1)C(=O)CC1(CCN(C(=O)c3ccc4c(cnn4C)c3)CC1)O2. The van der Waals surface area contributed by atoms with Crippen LogP contribution in [0.2, 0.25) is 0 Å². The molecular weight excluding hydrogens is 382 g/mol. The Morgan fingerprint density at radius 1 is 1.17 bits per heavy atom. The summed E-state index contributed by atoms with van der Waals surface area (Å²) in [6.07, 6.45) is 3.36. The van der Waals surface area contributed by atoms with Crippen molar-refractivity contribution in [1.29, 1.82) is 0 Å². The Balaban J connectivity index is 1.31. The molecule has 2 aromatic carbocycles. The van der Waals surface area contributed by atoms with Crippen molar-refractivity contribution in [1.82, 2.24) is 14.7 Å². The van der Waals surface area contributed by atoms with Crippen molar-refractivity contribution < 1.29 is 19.1 Å². The van der Waals surface area contributed by atoms with Crippen LogP contribution in [0.1, 0.15) is 40.0 Å². The third-order valence-electron chi connectivity index (χ3n) is 6.25. The molecule has 3 heterocycles. The van der Waals surface area contributed by atoms with Crippen molar-refractivity contribution in [3.63, 3.8) is 0 Å². The zero-order valence-electron chi connectivity index (χ0n) is 17.1. The van der Waals surface area contributed by atoms with E-state index in [1.54, 1.807) is 36.2 Å². The summed E-state index contributed by atoms with van der Waals surface area (Å²) < 4.78 is 13.3. The van der Waals surface area contributed by atoms with Gasteiger partial charge in [0, 0.05) is 43.9 Å². The molecule has 1 saturated heterocycles. The lowest BCUT2D eigenvalue weighted by molar-refractivity contribution is -0.00576. The number of ketones is 1. The fourth-order valence-electron chi connectivity index (χ4n) is 4.48. The fraction of sp³-hybridized carbons (Fsp3) is 0.348. The van der Waals surface area contributed by atoms with Crippen LogP contribution in [0.4, 0.5) is 0 Å². The van der Waals surface area contributed by atoms with Gasteiger partial charge in [0.05, 0.1) is 30.8 Å². The molecule has 3 aromatic rings. The first kappa shape index (κ1) is 18.7. The van der Waals surface area contributed by atoms with Gasteiger partial charge in [-0.15, -0.1) is 0 Å². The molecule has 0 bridgehead atoms.